The maximum absolute atomic E-state index is 2.61. The lowest BCUT2D eigenvalue weighted by molar-refractivity contribution is -0.537. The van der Waals surface area contributed by atoms with Gasteiger partial charge in [-0.05, 0) is 26.5 Å². The van der Waals surface area contributed by atoms with Gasteiger partial charge in [0.1, 0.15) is 13.1 Å². The minimum atomic E-state index is 0. The molecule has 0 aliphatic carbocycles. The maximum Gasteiger partial charge on any atom is 0.179 e. The first-order chi connectivity index (χ1) is 7.61. The number of nitrogens with zero attached hydrogens (tertiary/aromatic N) is 1. The summed E-state index contributed by atoms with van der Waals surface area (Å²) in [5.41, 5.74) is 1.58. The third-order valence-corrected chi connectivity index (χ3v) is 5.52. The van der Waals surface area contributed by atoms with Crippen molar-refractivity contribution in [3.8, 4) is 0 Å². The average Bonchev–Trinajstić information content (AvgIpc) is 2.28. The Morgan fingerprint density at radius 3 is 2.47 bits per heavy atom. The second-order valence-corrected chi connectivity index (χ2v) is 8.10. The molecule has 2 heterocycles. The first-order valence-electron chi connectivity index (χ1n) is 6.16. The van der Waals surface area contributed by atoms with Crippen LogP contribution in [0.4, 0.5) is 0 Å². The summed E-state index contributed by atoms with van der Waals surface area (Å²) in [6.45, 7) is 7.28. The van der Waals surface area contributed by atoms with Crippen molar-refractivity contribution in [2.75, 3.05) is 19.3 Å². The largest absolute Gasteiger partial charge is 1.00 e. The van der Waals surface area contributed by atoms with Crippen LogP contribution in [-0.4, -0.2) is 34.4 Å². The third-order valence-electron chi connectivity index (χ3n) is 3.23. The highest BCUT2D eigenvalue weighted by molar-refractivity contribution is 8.22. The predicted octanol–water partition coefficient (Wildman–Crippen LogP) is 0.748. The molecule has 2 rings (SSSR count). The third kappa shape index (κ3) is 4.46. The molecule has 4 heteroatoms. The Kier molecular flexibility index (Phi) is 6.40. The summed E-state index contributed by atoms with van der Waals surface area (Å²) < 4.78 is 4.47. The molecule has 0 aromatic rings. The Morgan fingerprint density at radius 2 is 1.88 bits per heavy atom. The van der Waals surface area contributed by atoms with E-state index in [0.29, 0.717) is 4.75 Å². The molecule has 0 aromatic carbocycles. The first kappa shape index (κ1) is 15.9. The van der Waals surface area contributed by atoms with Crippen molar-refractivity contribution >= 4 is 29.2 Å². The van der Waals surface area contributed by atoms with Crippen LogP contribution in [0.3, 0.4) is 0 Å². The van der Waals surface area contributed by atoms with Crippen LogP contribution in [0.1, 0.15) is 39.5 Å². The highest BCUT2D eigenvalue weighted by Crippen LogP contribution is 2.43. The van der Waals surface area contributed by atoms with Gasteiger partial charge in [0.15, 0.2) is 5.71 Å². The molecule has 1 fully saturated rings. The van der Waals surface area contributed by atoms with E-state index in [1.165, 1.54) is 43.0 Å². The maximum atomic E-state index is 2.61. The first-order valence-corrected chi connectivity index (χ1v) is 8.20. The van der Waals surface area contributed by atoms with Crippen molar-refractivity contribution in [3.05, 3.63) is 10.3 Å². The zero-order chi connectivity index (χ0) is 11.6. The molecule has 0 amide bonds. The molecule has 0 spiro atoms. The van der Waals surface area contributed by atoms with E-state index in [9.17, 15) is 0 Å². The van der Waals surface area contributed by atoms with Crippen molar-refractivity contribution in [2.24, 2.45) is 0 Å². The molecule has 0 atom stereocenters. The minimum Gasteiger partial charge on any atom is -1.00 e. The van der Waals surface area contributed by atoms with Gasteiger partial charge in [-0.1, -0.05) is 0 Å². The molecule has 17 heavy (non-hydrogen) atoms. The Bertz CT molecular complexity index is 326. The topological polar surface area (TPSA) is 3.01 Å². The van der Waals surface area contributed by atoms with E-state index in [2.05, 4.69) is 30.8 Å². The fourth-order valence-electron chi connectivity index (χ4n) is 2.45. The molecule has 0 aromatic heterocycles. The number of rotatable bonds is 1. The van der Waals surface area contributed by atoms with Crippen LogP contribution in [0.15, 0.2) is 10.3 Å². The molecule has 0 saturated carbocycles. The Balaban J connectivity index is 0.00000144. The van der Waals surface area contributed by atoms with Crippen molar-refractivity contribution in [2.45, 2.75) is 44.3 Å². The van der Waals surface area contributed by atoms with Crippen LogP contribution in [-0.2, 0) is 0 Å². The molecule has 1 saturated heterocycles. The number of hydrogen-bond donors (Lipinski definition) is 0. The van der Waals surface area contributed by atoms with Gasteiger partial charge in [0.2, 0.25) is 0 Å². The van der Waals surface area contributed by atoms with Crippen molar-refractivity contribution in [3.63, 3.8) is 0 Å². The Labute approximate surface area is 131 Å². The molecular weight excluding hydrogens is 361 g/mol. The van der Waals surface area contributed by atoms with Gasteiger partial charge in [-0.3, -0.25) is 0 Å². The lowest BCUT2D eigenvalue weighted by Gasteiger charge is -2.28. The van der Waals surface area contributed by atoms with E-state index >= 15 is 0 Å². The van der Waals surface area contributed by atoms with Crippen LogP contribution in [0.2, 0.25) is 0 Å². The summed E-state index contributed by atoms with van der Waals surface area (Å²) in [4.78, 5) is 0. The monoisotopic (exact) mass is 383 g/mol. The molecule has 2 aliphatic rings. The van der Waals surface area contributed by atoms with Gasteiger partial charge in [-0.15, -0.1) is 23.5 Å². The van der Waals surface area contributed by atoms with Crippen LogP contribution < -0.4 is 24.0 Å². The van der Waals surface area contributed by atoms with Gasteiger partial charge < -0.3 is 24.0 Å². The van der Waals surface area contributed by atoms with Crippen molar-refractivity contribution < 1.29 is 28.6 Å². The quantitative estimate of drug-likeness (QED) is 0.486. The molecule has 0 N–H and O–H groups in total. The SMILES string of the molecule is CSC1=CC(=[N+]2CCCCC2)CC(C)(C)S1.[I-]. The molecule has 1 nitrogen and oxygen atoms in total. The highest BCUT2D eigenvalue weighted by atomic mass is 127. The van der Waals surface area contributed by atoms with E-state index < -0.39 is 0 Å². The molecular formula is C13H22INS2. The smallest absolute Gasteiger partial charge is 0.179 e. The van der Waals surface area contributed by atoms with Gasteiger partial charge in [-0.2, -0.15) is 0 Å². The summed E-state index contributed by atoms with van der Waals surface area (Å²) in [5.74, 6) is 0. The summed E-state index contributed by atoms with van der Waals surface area (Å²) in [6.07, 6.45) is 10.0. The van der Waals surface area contributed by atoms with Gasteiger partial charge >= 0.3 is 0 Å². The van der Waals surface area contributed by atoms with E-state index in [0.717, 1.165) is 0 Å². The lowest BCUT2D eigenvalue weighted by Crippen LogP contribution is -3.00. The lowest BCUT2D eigenvalue weighted by atomic mass is 10.0. The molecule has 0 bridgehead atoms. The molecule has 98 valence electrons. The van der Waals surface area contributed by atoms with Gasteiger partial charge in [-0.25, -0.2) is 4.58 Å². The van der Waals surface area contributed by atoms with E-state index in [-0.39, 0.29) is 24.0 Å². The van der Waals surface area contributed by atoms with Crippen LogP contribution in [0, 0.1) is 0 Å². The number of allylic oxidation sites excluding steroid dienone is 1. The minimum absolute atomic E-state index is 0. The fourth-order valence-corrected chi connectivity index (χ4v) is 4.67. The molecule has 0 unspecified atom stereocenters. The van der Waals surface area contributed by atoms with Crippen LogP contribution >= 0.6 is 23.5 Å². The van der Waals surface area contributed by atoms with E-state index in [1.807, 2.05) is 23.5 Å². The zero-order valence-corrected chi connectivity index (χ0v) is 14.8. The molecule has 0 radical (unpaired) electrons. The number of piperidine rings is 1. The summed E-state index contributed by atoms with van der Waals surface area (Å²) in [5, 5.41) is 0. The van der Waals surface area contributed by atoms with Gasteiger partial charge in [0, 0.05) is 34.3 Å². The van der Waals surface area contributed by atoms with E-state index in [4.69, 9.17) is 0 Å². The Hall–Kier alpha value is 0.840. The van der Waals surface area contributed by atoms with Crippen molar-refractivity contribution in [1.82, 2.24) is 0 Å². The zero-order valence-electron chi connectivity index (χ0n) is 11.0. The van der Waals surface area contributed by atoms with Crippen molar-refractivity contribution in [1.29, 1.82) is 0 Å². The van der Waals surface area contributed by atoms with Crippen LogP contribution in [0.5, 0.6) is 0 Å². The average molecular weight is 383 g/mol. The summed E-state index contributed by atoms with van der Waals surface area (Å²) in [6, 6.07) is 0. The second kappa shape index (κ2) is 6.85. The standard InChI is InChI=1S/C13H22NS2.HI/c1-13(2)10-11(9-12(15-3)16-13)14-7-5-4-6-8-14;/h9H,4-8,10H2,1-3H3;1H/q+1;/p-1. The highest BCUT2D eigenvalue weighted by Gasteiger charge is 2.31. The Morgan fingerprint density at radius 1 is 1.24 bits per heavy atom. The van der Waals surface area contributed by atoms with E-state index in [1.54, 1.807) is 5.71 Å². The summed E-state index contributed by atoms with van der Waals surface area (Å²) in [7, 11) is 0. The number of halogens is 1. The second-order valence-electron chi connectivity index (χ2n) is 5.25. The fraction of sp³-hybridized carbons (Fsp3) is 0.769. The number of thioether (sulfide) groups is 2. The van der Waals surface area contributed by atoms with Crippen LogP contribution in [0.25, 0.3) is 0 Å². The van der Waals surface area contributed by atoms with Gasteiger partial charge in [0.05, 0.1) is 0 Å². The molecule has 2 aliphatic heterocycles. The summed E-state index contributed by atoms with van der Waals surface area (Å²) >= 11 is 3.93. The van der Waals surface area contributed by atoms with Gasteiger partial charge in [0.25, 0.3) is 0 Å². The normalized spacial score (nSPS) is 24.1. The number of hydrogen-bond acceptors (Lipinski definition) is 2. The predicted molar refractivity (Wildman–Crippen MR) is 76.7 cm³/mol.